The molecule has 1 aromatic carbocycles. The quantitative estimate of drug-likeness (QED) is 0.895. The highest BCUT2D eigenvalue weighted by Gasteiger charge is 2.14. The molecule has 0 atom stereocenters. The van der Waals surface area contributed by atoms with Crippen molar-refractivity contribution in [1.82, 2.24) is 4.90 Å². The maximum Gasteiger partial charge on any atom is 0.241 e. The molecule has 1 aliphatic rings. The van der Waals surface area contributed by atoms with Crippen molar-refractivity contribution in [3.05, 3.63) is 24.3 Å². The maximum atomic E-state index is 12.1. The SMILES string of the molecule is CC(=O)Nc1ccc(NCC(=O)N2CCCCCC2)cc1. The molecule has 0 unspecified atom stereocenters. The van der Waals surface area contributed by atoms with Crippen molar-refractivity contribution in [2.45, 2.75) is 32.6 Å². The molecule has 0 bridgehead atoms. The van der Waals surface area contributed by atoms with Gasteiger partial charge in [-0.25, -0.2) is 0 Å². The lowest BCUT2D eigenvalue weighted by Gasteiger charge is -2.20. The molecule has 21 heavy (non-hydrogen) atoms. The van der Waals surface area contributed by atoms with Crippen LogP contribution in [0.15, 0.2) is 24.3 Å². The normalized spacial score (nSPS) is 15.2. The summed E-state index contributed by atoms with van der Waals surface area (Å²) < 4.78 is 0. The third-order valence-electron chi connectivity index (χ3n) is 3.61. The standard InChI is InChI=1S/C16H23N3O2/c1-13(20)18-15-8-6-14(7-9-15)17-12-16(21)19-10-4-2-3-5-11-19/h6-9,17H,2-5,10-12H2,1H3,(H,18,20). The zero-order chi connectivity index (χ0) is 15.1. The van der Waals surface area contributed by atoms with E-state index in [4.69, 9.17) is 0 Å². The van der Waals surface area contributed by atoms with Gasteiger partial charge in [0, 0.05) is 31.4 Å². The first-order valence-electron chi connectivity index (χ1n) is 7.54. The number of benzene rings is 1. The molecular weight excluding hydrogens is 266 g/mol. The number of anilines is 2. The van der Waals surface area contributed by atoms with Crippen LogP contribution in [0.1, 0.15) is 32.6 Å². The predicted octanol–water partition coefficient (Wildman–Crippen LogP) is 2.46. The minimum absolute atomic E-state index is 0.0907. The summed E-state index contributed by atoms with van der Waals surface area (Å²) in [6, 6.07) is 7.36. The van der Waals surface area contributed by atoms with Gasteiger partial charge < -0.3 is 15.5 Å². The highest BCUT2D eigenvalue weighted by atomic mass is 16.2. The first-order chi connectivity index (χ1) is 10.1. The third-order valence-corrected chi connectivity index (χ3v) is 3.61. The lowest BCUT2D eigenvalue weighted by Crippen LogP contribution is -2.36. The summed E-state index contributed by atoms with van der Waals surface area (Å²) in [7, 11) is 0. The van der Waals surface area contributed by atoms with E-state index in [2.05, 4.69) is 10.6 Å². The first kappa shape index (κ1) is 15.4. The van der Waals surface area contributed by atoms with E-state index in [9.17, 15) is 9.59 Å². The number of carbonyl (C=O) groups excluding carboxylic acids is 2. The molecule has 1 saturated heterocycles. The molecule has 2 rings (SSSR count). The number of amides is 2. The molecule has 0 saturated carbocycles. The molecule has 5 nitrogen and oxygen atoms in total. The Hall–Kier alpha value is -2.04. The Bertz CT molecular complexity index is 477. The van der Waals surface area contributed by atoms with E-state index in [-0.39, 0.29) is 11.8 Å². The summed E-state index contributed by atoms with van der Waals surface area (Å²) in [4.78, 5) is 25.0. The molecule has 0 spiro atoms. The third kappa shape index (κ3) is 5.10. The van der Waals surface area contributed by atoms with Gasteiger partial charge in [-0.2, -0.15) is 0 Å². The minimum atomic E-state index is -0.0907. The summed E-state index contributed by atoms with van der Waals surface area (Å²) in [5.41, 5.74) is 1.64. The number of nitrogens with zero attached hydrogens (tertiary/aromatic N) is 1. The van der Waals surface area contributed by atoms with E-state index in [1.165, 1.54) is 19.8 Å². The van der Waals surface area contributed by atoms with Gasteiger partial charge in [0.15, 0.2) is 0 Å². The maximum absolute atomic E-state index is 12.1. The van der Waals surface area contributed by atoms with Crippen LogP contribution in [0.4, 0.5) is 11.4 Å². The molecule has 1 heterocycles. The van der Waals surface area contributed by atoms with Crippen molar-refractivity contribution >= 4 is 23.2 Å². The van der Waals surface area contributed by atoms with Gasteiger partial charge in [-0.05, 0) is 37.1 Å². The van der Waals surface area contributed by atoms with Crippen molar-refractivity contribution in [2.75, 3.05) is 30.3 Å². The van der Waals surface area contributed by atoms with Gasteiger partial charge in [0.2, 0.25) is 11.8 Å². The Morgan fingerprint density at radius 2 is 1.57 bits per heavy atom. The topological polar surface area (TPSA) is 61.4 Å². The number of nitrogens with one attached hydrogen (secondary N) is 2. The smallest absolute Gasteiger partial charge is 0.241 e. The molecule has 0 aliphatic carbocycles. The molecule has 0 aromatic heterocycles. The van der Waals surface area contributed by atoms with Crippen LogP contribution in [0.25, 0.3) is 0 Å². The van der Waals surface area contributed by atoms with Crippen molar-refractivity contribution in [3.8, 4) is 0 Å². The molecule has 114 valence electrons. The van der Waals surface area contributed by atoms with Gasteiger partial charge in [-0.1, -0.05) is 12.8 Å². The molecular formula is C16H23N3O2. The number of rotatable bonds is 4. The fraction of sp³-hybridized carbons (Fsp3) is 0.500. The van der Waals surface area contributed by atoms with Gasteiger partial charge in [0.25, 0.3) is 0 Å². The van der Waals surface area contributed by atoms with Gasteiger partial charge in [0.05, 0.1) is 6.54 Å². The average molecular weight is 289 g/mol. The van der Waals surface area contributed by atoms with E-state index in [0.29, 0.717) is 6.54 Å². The van der Waals surface area contributed by atoms with E-state index < -0.39 is 0 Å². The van der Waals surface area contributed by atoms with Crippen molar-refractivity contribution in [3.63, 3.8) is 0 Å². The Kier molecular flexibility index (Phi) is 5.60. The summed E-state index contributed by atoms with van der Waals surface area (Å²) >= 11 is 0. The largest absolute Gasteiger partial charge is 0.376 e. The van der Waals surface area contributed by atoms with Crippen LogP contribution in [0.2, 0.25) is 0 Å². The summed E-state index contributed by atoms with van der Waals surface area (Å²) in [5, 5.41) is 5.85. The van der Waals surface area contributed by atoms with E-state index in [1.54, 1.807) is 0 Å². The second kappa shape index (κ2) is 7.67. The van der Waals surface area contributed by atoms with Crippen molar-refractivity contribution in [1.29, 1.82) is 0 Å². The van der Waals surface area contributed by atoms with Gasteiger partial charge in [-0.3, -0.25) is 9.59 Å². The second-order valence-corrected chi connectivity index (χ2v) is 5.41. The van der Waals surface area contributed by atoms with Crippen molar-refractivity contribution < 1.29 is 9.59 Å². The van der Waals surface area contributed by atoms with E-state index in [1.807, 2.05) is 29.2 Å². The number of hydrogen-bond acceptors (Lipinski definition) is 3. The van der Waals surface area contributed by atoms with E-state index in [0.717, 1.165) is 37.3 Å². The fourth-order valence-electron chi connectivity index (χ4n) is 2.48. The Morgan fingerprint density at radius 3 is 2.14 bits per heavy atom. The molecule has 1 fully saturated rings. The monoisotopic (exact) mass is 289 g/mol. The highest BCUT2D eigenvalue weighted by molar-refractivity contribution is 5.88. The summed E-state index contributed by atoms with van der Waals surface area (Å²) in [6.07, 6.45) is 4.66. The number of carbonyl (C=O) groups is 2. The van der Waals surface area contributed by atoms with Crippen LogP contribution in [0.5, 0.6) is 0 Å². The number of hydrogen-bond donors (Lipinski definition) is 2. The van der Waals surface area contributed by atoms with Crippen LogP contribution >= 0.6 is 0 Å². The van der Waals surface area contributed by atoms with Gasteiger partial charge >= 0.3 is 0 Å². The lowest BCUT2D eigenvalue weighted by atomic mass is 10.2. The molecule has 0 radical (unpaired) electrons. The van der Waals surface area contributed by atoms with Gasteiger partial charge in [0.1, 0.15) is 0 Å². The van der Waals surface area contributed by atoms with Crippen LogP contribution < -0.4 is 10.6 Å². The number of likely N-dealkylation sites (tertiary alicyclic amines) is 1. The predicted molar refractivity (Wildman–Crippen MR) is 84.3 cm³/mol. The van der Waals surface area contributed by atoms with Crippen LogP contribution in [0, 0.1) is 0 Å². The van der Waals surface area contributed by atoms with Crippen LogP contribution in [-0.4, -0.2) is 36.3 Å². The zero-order valence-corrected chi connectivity index (χ0v) is 12.5. The zero-order valence-electron chi connectivity index (χ0n) is 12.5. The molecule has 2 N–H and O–H groups in total. The van der Waals surface area contributed by atoms with Crippen molar-refractivity contribution in [2.24, 2.45) is 0 Å². The Morgan fingerprint density at radius 1 is 1.00 bits per heavy atom. The highest BCUT2D eigenvalue weighted by Crippen LogP contribution is 2.14. The first-order valence-corrected chi connectivity index (χ1v) is 7.54. The molecule has 5 heteroatoms. The van der Waals surface area contributed by atoms with Gasteiger partial charge in [-0.15, -0.1) is 0 Å². The lowest BCUT2D eigenvalue weighted by molar-refractivity contribution is -0.129. The summed E-state index contributed by atoms with van der Waals surface area (Å²) in [5.74, 6) is 0.0647. The van der Waals surface area contributed by atoms with E-state index >= 15 is 0 Å². The summed E-state index contributed by atoms with van der Waals surface area (Å²) in [6.45, 7) is 3.55. The fourth-order valence-corrected chi connectivity index (χ4v) is 2.48. The van der Waals surface area contributed by atoms with Crippen LogP contribution in [0.3, 0.4) is 0 Å². The van der Waals surface area contributed by atoms with Crippen LogP contribution in [-0.2, 0) is 9.59 Å². The molecule has 1 aromatic rings. The Labute approximate surface area is 125 Å². The molecule has 1 aliphatic heterocycles. The minimum Gasteiger partial charge on any atom is -0.376 e. The molecule has 2 amide bonds. The average Bonchev–Trinajstić information content (AvgIpc) is 2.75. The second-order valence-electron chi connectivity index (χ2n) is 5.41. The Balaban J connectivity index is 1.81.